The summed E-state index contributed by atoms with van der Waals surface area (Å²) in [4.78, 5) is 8.71. The number of nitrogens with zero attached hydrogens (tertiary/aromatic N) is 4. The van der Waals surface area contributed by atoms with Crippen molar-refractivity contribution in [1.29, 1.82) is 0 Å². The monoisotopic (exact) mass is 426 g/mol. The molecule has 0 spiro atoms. The fourth-order valence-corrected chi connectivity index (χ4v) is 4.44. The van der Waals surface area contributed by atoms with E-state index in [1.165, 1.54) is 30.4 Å². The Bertz CT molecular complexity index is 1260. The van der Waals surface area contributed by atoms with E-state index in [0.717, 1.165) is 12.0 Å². The molecule has 1 atom stereocenters. The summed E-state index contributed by atoms with van der Waals surface area (Å²) in [6.07, 6.45) is 3.43. The van der Waals surface area contributed by atoms with Crippen molar-refractivity contribution >= 4 is 32.5 Å². The van der Waals surface area contributed by atoms with Gasteiger partial charge in [0.1, 0.15) is 11.4 Å². The molecule has 0 aliphatic heterocycles. The largest absolute Gasteiger partial charge is 0.415 e. The minimum Gasteiger partial charge on any atom is -0.415 e. The van der Waals surface area contributed by atoms with E-state index in [1.807, 2.05) is 30.3 Å². The van der Waals surface area contributed by atoms with Crippen LogP contribution in [0.25, 0.3) is 10.9 Å². The van der Waals surface area contributed by atoms with Crippen molar-refractivity contribution in [1.82, 2.24) is 20.2 Å². The van der Waals surface area contributed by atoms with E-state index < -0.39 is 9.84 Å². The van der Waals surface area contributed by atoms with Crippen LogP contribution in [-0.2, 0) is 9.84 Å². The van der Waals surface area contributed by atoms with E-state index in [9.17, 15) is 8.42 Å². The third-order valence-corrected chi connectivity index (χ3v) is 6.48. The molecule has 0 N–H and O–H groups in total. The molecular weight excluding hydrogens is 408 g/mol. The van der Waals surface area contributed by atoms with E-state index in [1.54, 1.807) is 12.1 Å². The molecule has 0 aliphatic rings. The maximum Gasteiger partial charge on any atom is 0.282 e. The summed E-state index contributed by atoms with van der Waals surface area (Å²) in [6, 6.07) is 14.8. The van der Waals surface area contributed by atoms with Gasteiger partial charge in [-0.2, -0.15) is 0 Å². The third-order valence-electron chi connectivity index (χ3n) is 4.51. The molecule has 0 saturated carbocycles. The molecular formula is C20H18N4O3S2. The zero-order valence-corrected chi connectivity index (χ0v) is 17.4. The quantitative estimate of drug-likeness (QED) is 0.425. The summed E-state index contributed by atoms with van der Waals surface area (Å²) in [5, 5.41) is 9.90. The number of aromatic nitrogens is 4. The van der Waals surface area contributed by atoms with Gasteiger partial charge in [-0.3, -0.25) is 0 Å². The molecule has 0 fully saturated rings. The molecule has 9 heteroatoms. The highest BCUT2D eigenvalue weighted by Crippen LogP contribution is 2.34. The molecule has 148 valence electrons. The SMILES string of the molecule is CCC(c1ccccc1)c1nnc(Sc2ncnc3ccc(S(C)(=O)=O)cc23)o1. The molecule has 0 radical (unpaired) electrons. The molecule has 0 bridgehead atoms. The molecule has 1 unspecified atom stereocenters. The second-order valence-corrected chi connectivity index (χ2v) is 9.47. The van der Waals surface area contributed by atoms with Gasteiger partial charge in [0.05, 0.1) is 16.3 Å². The lowest BCUT2D eigenvalue weighted by Crippen LogP contribution is -1.99. The summed E-state index contributed by atoms with van der Waals surface area (Å²) in [5.41, 5.74) is 1.76. The number of fused-ring (bicyclic) bond motifs is 1. The average Bonchev–Trinajstić information content (AvgIpc) is 3.17. The molecule has 29 heavy (non-hydrogen) atoms. The summed E-state index contributed by atoms with van der Waals surface area (Å²) >= 11 is 1.19. The average molecular weight is 427 g/mol. The smallest absolute Gasteiger partial charge is 0.282 e. The van der Waals surface area contributed by atoms with Gasteiger partial charge in [0.25, 0.3) is 5.22 Å². The van der Waals surface area contributed by atoms with E-state index in [0.29, 0.717) is 27.0 Å². The second kappa shape index (κ2) is 7.92. The second-order valence-electron chi connectivity index (χ2n) is 6.51. The topological polar surface area (TPSA) is 98.8 Å². The summed E-state index contributed by atoms with van der Waals surface area (Å²) < 4.78 is 29.7. The summed E-state index contributed by atoms with van der Waals surface area (Å²) in [5.74, 6) is 0.549. The Hall–Kier alpha value is -2.78. The van der Waals surface area contributed by atoms with E-state index in [4.69, 9.17) is 4.42 Å². The van der Waals surface area contributed by atoms with Gasteiger partial charge >= 0.3 is 0 Å². The fraction of sp³-hybridized carbons (Fsp3) is 0.200. The Morgan fingerprint density at radius 1 is 1.07 bits per heavy atom. The van der Waals surface area contributed by atoms with Crippen LogP contribution in [0.3, 0.4) is 0 Å². The Balaban J connectivity index is 1.68. The first kappa shape index (κ1) is 19.5. The number of rotatable bonds is 6. The van der Waals surface area contributed by atoms with Crippen LogP contribution < -0.4 is 0 Å². The minimum atomic E-state index is -3.34. The van der Waals surface area contributed by atoms with Crippen molar-refractivity contribution in [3.63, 3.8) is 0 Å². The molecule has 4 rings (SSSR count). The summed E-state index contributed by atoms with van der Waals surface area (Å²) in [6.45, 7) is 2.07. The van der Waals surface area contributed by atoms with Gasteiger partial charge in [0, 0.05) is 11.6 Å². The van der Waals surface area contributed by atoms with E-state index in [-0.39, 0.29) is 10.8 Å². The number of benzene rings is 2. The van der Waals surface area contributed by atoms with Crippen LogP contribution in [0.15, 0.2) is 74.4 Å². The molecule has 0 aliphatic carbocycles. The maximum absolute atomic E-state index is 11.9. The van der Waals surface area contributed by atoms with Crippen LogP contribution >= 0.6 is 11.8 Å². The Labute approximate surface area is 172 Å². The van der Waals surface area contributed by atoms with Gasteiger partial charge in [-0.05, 0) is 41.9 Å². The molecule has 2 heterocycles. The Kier molecular flexibility index (Phi) is 5.33. The van der Waals surface area contributed by atoms with Crippen molar-refractivity contribution in [2.45, 2.75) is 34.4 Å². The van der Waals surface area contributed by atoms with E-state index in [2.05, 4.69) is 27.1 Å². The number of hydrogen-bond acceptors (Lipinski definition) is 8. The molecule has 0 saturated heterocycles. The van der Waals surface area contributed by atoms with Gasteiger partial charge in [0.2, 0.25) is 5.89 Å². The van der Waals surface area contributed by atoms with E-state index >= 15 is 0 Å². The first-order valence-electron chi connectivity index (χ1n) is 8.96. The zero-order valence-electron chi connectivity index (χ0n) is 15.8. The van der Waals surface area contributed by atoms with Crippen LogP contribution in [0, 0.1) is 0 Å². The Morgan fingerprint density at radius 3 is 2.59 bits per heavy atom. The van der Waals surface area contributed by atoms with Crippen LogP contribution in [-0.4, -0.2) is 34.8 Å². The van der Waals surface area contributed by atoms with Crippen molar-refractivity contribution in [2.24, 2.45) is 0 Å². The molecule has 7 nitrogen and oxygen atoms in total. The van der Waals surface area contributed by atoms with Gasteiger partial charge < -0.3 is 4.42 Å². The predicted molar refractivity (Wildman–Crippen MR) is 110 cm³/mol. The van der Waals surface area contributed by atoms with Gasteiger partial charge in [0.15, 0.2) is 9.84 Å². The van der Waals surface area contributed by atoms with Crippen LogP contribution in [0.2, 0.25) is 0 Å². The van der Waals surface area contributed by atoms with Crippen LogP contribution in [0.4, 0.5) is 0 Å². The summed E-state index contributed by atoms with van der Waals surface area (Å²) in [7, 11) is -3.34. The van der Waals surface area contributed by atoms with Gasteiger partial charge in [-0.15, -0.1) is 10.2 Å². The maximum atomic E-state index is 11.9. The highest BCUT2D eigenvalue weighted by Gasteiger charge is 2.20. The predicted octanol–water partition coefficient (Wildman–Crippen LogP) is 4.11. The van der Waals surface area contributed by atoms with Crippen LogP contribution in [0.1, 0.15) is 30.7 Å². The van der Waals surface area contributed by atoms with Crippen molar-refractivity contribution < 1.29 is 12.8 Å². The van der Waals surface area contributed by atoms with Crippen LogP contribution in [0.5, 0.6) is 0 Å². The number of sulfone groups is 1. The number of hydrogen-bond donors (Lipinski definition) is 0. The minimum absolute atomic E-state index is 0.0111. The third kappa shape index (κ3) is 4.15. The van der Waals surface area contributed by atoms with Crippen molar-refractivity contribution in [3.05, 3.63) is 66.3 Å². The molecule has 4 aromatic rings. The normalized spacial score (nSPS) is 12.9. The van der Waals surface area contributed by atoms with Gasteiger partial charge in [-0.25, -0.2) is 18.4 Å². The van der Waals surface area contributed by atoms with Gasteiger partial charge in [-0.1, -0.05) is 37.3 Å². The molecule has 2 aromatic heterocycles. The Morgan fingerprint density at radius 2 is 1.86 bits per heavy atom. The standard InChI is InChI=1S/C20H18N4O3S2/c1-3-15(13-7-5-4-6-8-13)18-23-24-20(27-18)28-19-16-11-14(29(2,25)26)9-10-17(16)21-12-22-19/h4-12,15H,3H2,1-2H3. The first-order chi connectivity index (χ1) is 14.0. The lowest BCUT2D eigenvalue weighted by molar-refractivity contribution is 0.395. The zero-order chi connectivity index (χ0) is 20.4. The lowest BCUT2D eigenvalue weighted by atomic mass is 9.97. The fourth-order valence-electron chi connectivity index (χ4n) is 3.05. The molecule has 0 amide bonds. The van der Waals surface area contributed by atoms with Crippen molar-refractivity contribution in [2.75, 3.05) is 6.26 Å². The highest BCUT2D eigenvalue weighted by atomic mass is 32.2. The molecule has 2 aromatic carbocycles. The van der Waals surface area contributed by atoms with Crippen molar-refractivity contribution in [3.8, 4) is 0 Å². The lowest BCUT2D eigenvalue weighted by Gasteiger charge is -2.10. The highest BCUT2D eigenvalue weighted by molar-refractivity contribution is 7.99. The first-order valence-corrected chi connectivity index (χ1v) is 11.7.